The van der Waals surface area contributed by atoms with Gasteiger partial charge in [-0.3, -0.25) is 4.79 Å². The number of carbonyl (C=O) groups excluding carboxylic acids is 1. The van der Waals surface area contributed by atoms with Crippen molar-refractivity contribution in [1.29, 1.82) is 0 Å². The number of nitrogens with one attached hydrogen (secondary N) is 1. The topological polar surface area (TPSA) is 72.5 Å². The molecule has 0 radical (unpaired) electrons. The van der Waals surface area contributed by atoms with E-state index in [0.717, 1.165) is 25.0 Å². The van der Waals surface area contributed by atoms with Crippen LogP contribution in [0.25, 0.3) is 0 Å². The highest BCUT2D eigenvalue weighted by atomic mass is 32.2. The minimum Gasteiger partial charge on any atom is -0.377 e. The van der Waals surface area contributed by atoms with Gasteiger partial charge in [-0.2, -0.15) is 0 Å². The quantitative estimate of drug-likeness (QED) is 0.915. The summed E-state index contributed by atoms with van der Waals surface area (Å²) < 4.78 is 56.9. The van der Waals surface area contributed by atoms with Crippen molar-refractivity contribution in [2.75, 3.05) is 12.4 Å². The Morgan fingerprint density at radius 1 is 1.33 bits per heavy atom. The molecule has 1 aliphatic heterocycles. The lowest BCUT2D eigenvalue weighted by Crippen LogP contribution is -2.38. The van der Waals surface area contributed by atoms with Crippen LogP contribution in [0.1, 0.15) is 29.6 Å². The lowest BCUT2D eigenvalue weighted by Gasteiger charge is -2.22. The fraction of sp³-hybridized carbons (Fsp3) is 0.462. The molecule has 2 rings (SSSR count). The third-order valence-electron chi connectivity index (χ3n) is 3.10. The van der Waals surface area contributed by atoms with E-state index in [0.29, 0.717) is 19.1 Å². The van der Waals surface area contributed by atoms with E-state index in [4.69, 9.17) is 4.74 Å². The van der Waals surface area contributed by atoms with Crippen molar-refractivity contribution in [2.45, 2.75) is 25.4 Å². The molecule has 1 fully saturated rings. The summed E-state index contributed by atoms with van der Waals surface area (Å²) in [5.41, 5.74) is -0.524. The van der Waals surface area contributed by atoms with Gasteiger partial charge in [-0.25, -0.2) is 21.9 Å². The minimum absolute atomic E-state index is 0.360. The van der Waals surface area contributed by atoms with Crippen LogP contribution in [-0.4, -0.2) is 32.8 Å². The molecule has 21 heavy (non-hydrogen) atoms. The zero-order chi connectivity index (χ0) is 15.5. The highest BCUT2D eigenvalue weighted by Gasteiger charge is 2.25. The first-order chi connectivity index (χ1) is 9.87. The number of benzene rings is 1. The average Bonchev–Trinajstić information content (AvgIpc) is 2.38. The molecule has 5 nitrogen and oxygen atoms in total. The van der Waals surface area contributed by atoms with Gasteiger partial charge in [0.05, 0.1) is 17.4 Å². The van der Waals surface area contributed by atoms with Crippen molar-refractivity contribution < 1.29 is 26.7 Å². The van der Waals surface area contributed by atoms with Crippen LogP contribution >= 0.6 is 0 Å². The minimum atomic E-state index is -3.94. The highest BCUT2D eigenvalue weighted by Crippen LogP contribution is 2.15. The molecule has 0 spiro atoms. The second kappa shape index (κ2) is 6.48. The van der Waals surface area contributed by atoms with Gasteiger partial charge in [0, 0.05) is 12.7 Å². The van der Waals surface area contributed by atoms with Gasteiger partial charge in [0.2, 0.25) is 10.0 Å². The number of rotatable bonds is 4. The summed E-state index contributed by atoms with van der Waals surface area (Å²) in [6.07, 6.45) is 1.87. The second-order valence-corrected chi connectivity index (χ2v) is 6.59. The van der Waals surface area contributed by atoms with E-state index in [1.54, 1.807) is 4.72 Å². The SMILES string of the molecule is O=C(NS(=O)(=O)C[C@@H]1CCCCO1)c1ccc(F)cc1F. The van der Waals surface area contributed by atoms with Crippen LogP contribution in [-0.2, 0) is 14.8 Å². The van der Waals surface area contributed by atoms with Crippen LogP contribution in [0, 0.1) is 11.6 Å². The monoisotopic (exact) mass is 319 g/mol. The molecular weight excluding hydrogens is 304 g/mol. The first-order valence-electron chi connectivity index (χ1n) is 6.49. The van der Waals surface area contributed by atoms with Gasteiger partial charge in [-0.1, -0.05) is 0 Å². The number of hydrogen-bond acceptors (Lipinski definition) is 4. The maximum atomic E-state index is 13.4. The van der Waals surface area contributed by atoms with Crippen molar-refractivity contribution in [3.63, 3.8) is 0 Å². The Morgan fingerprint density at radius 2 is 2.10 bits per heavy atom. The smallest absolute Gasteiger partial charge is 0.267 e. The molecule has 0 saturated carbocycles. The zero-order valence-corrected chi connectivity index (χ0v) is 12.0. The van der Waals surface area contributed by atoms with Gasteiger partial charge in [-0.15, -0.1) is 0 Å². The second-order valence-electron chi connectivity index (χ2n) is 4.83. The molecule has 0 aliphatic carbocycles. The van der Waals surface area contributed by atoms with Crippen molar-refractivity contribution in [3.05, 3.63) is 35.4 Å². The van der Waals surface area contributed by atoms with E-state index < -0.39 is 39.2 Å². The fourth-order valence-corrected chi connectivity index (χ4v) is 3.32. The van der Waals surface area contributed by atoms with Crippen molar-refractivity contribution in [2.24, 2.45) is 0 Å². The van der Waals surface area contributed by atoms with Crippen molar-refractivity contribution >= 4 is 15.9 Å². The molecule has 8 heteroatoms. The van der Waals surface area contributed by atoms with Gasteiger partial charge in [-0.05, 0) is 31.4 Å². The van der Waals surface area contributed by atoms with Gasteiger partial charge < -0.3 is 4.74 Å². The Kier molecular flexibility index (Phi) is 4.89. The number of carbonyl (C=O) groups is 1. The van der Waals surface area contributed by atoms with Gasteiger partial charge in [0.15, 0.2) is 0 Å². The largest absolute Gasteiger partial charge is 0.377 e. The Hall–Kier alpha value is -1.54. The first-order valence-corrected chi connectivity index (χ1v) is 8.14. The standard InChI is InChI=1S/C13H15F2NO4S/c14-9-4-5-11(12(15)7-9)13(17)16-21(18,19)8-10-3-1-2-6-20-10/h4-5,7,10H,1-3,6,8H2,(H,16,17)/t10-/m0/s1. The van der Waals surface area contributed by atoms with Crippen LogP contribution < -0.4 is 4.72 Å². The molecule has 1 aromatic rings. The Morgan fingerprint density at radius 3 is 2.71 bits per heavy atom. The van der Waals surface area contributed by atoms with E-state index in [-0.39, 0.29) is 5.75 Å². The van der Waals surface area contributed by atoms with E-state index in [1.165, 1.54) is 0 Å². The molecule has 1 N–H and O–H groups in total. The normalized spacial score (nSPS) is 19.2. The van der Waals surface area contributed by atoms with Gasteiger partial charge in [0.25, 0.3) is 5.91 Å². The number of sulfonamides is 1. The van der Waals surface area contributed by atoms with E-state index in [2.05, 4.69) is 0 Å². The maximum absolute atomic E-state index is 13.4. The summed E-state index contributed by atoms with van der Waals surface area (Å²) in [7, 11) is -3.94. The third kappa shape index (κ3) is 4.47. The zero-order valence-electron chi connectivity index (χ0n) is 11.1. The number of hydrogen-bond donors (Lipinski definition) is 1. The molecule has 1 aromatic carbocycles. The predicted molar refractivity (Wildman–Crippen MR) is 71.2 cm³/mol. The fourth-order valence-electron chi connectivity index (χ4n) is 2.10. The summed E-state index contributed by atoms with van der Waals surface area (Å²) in [5, 5.41) is 0. The Balaban J connectivity index is 2.03. The van der Waals surface area contributed by atoms with Crippen molar-refractivity contribution in [3.8, 4) is 0 Å². The third-order valence-corrected chi connectivity index (χ3v) is 4.41. The van der Waals surface area contributed by atoms with Crippen LogP contribution in [0.3, 0.4) is 0 Å². The molecule has 0 unspecified atom stereocenters. The lowest BCUT2D eigenvalue weighted by atomic mass is 10.1. The molecule has 0 bridgehead atoms. The van der Waals surface area contributed by atoms with Crippen LogP contribution in [0.4, 0.5) is 8.78 Å². The van der Waals surface area contributed by atoms with Crippen LogP contribution in [0.2, 0.25) is 0 Å². The van der Waals surface area contributed by atoms with Crippen LogP contribution in [0.15, 0.2) is 18.2 Å². The van der Waals surface area contributed by atoms with Gasteiger partial charge in [0.1, 0.15) is 11.6 Å². The molecule has 1 heterocycles. The van der Waals surface area contributed by atoms with E-state index >= 15 is 0 Å². The summed E-state index contributed by atoms with van der Waals surface area (Å²) >= 11 is 0. The average molecular weight is 319 g/mol. The molecule has 1 saturated heterocycles. The Labute approximate surface area is 121 Å². The number of amides is 1. The molecule has 0 aromatic heterocycles. The number of ether oxygens (including phenoxy) is 1. The molecule has 1 atom stereocenters. The van der Waals surface area contributed by atoms with Crippen molar-refractivity contribution in [1.82, 2.24) is 4.72 Å². The molecular formula is C13H15F2NO4S. The summed E-state index contributed by atoms with van der Waals surface area (Å²) in [4.78, 5) is 11.7. The predicted octanol–water partition coefficient (Wildman–Crippen LogP) is 1.59. The Bertz CT molecular complexity index is 627. The van der Waals surface area contributed by atoms with E-state index in [9.17, 15) is 22.0 Å². The maximum Gasteiger partial charge on any atom is 0.267 e. The molecule has 1 aliphatic rings. The van der Waals surface area contributed by atoms with Gasteiger partial charge >= 0.3 is 0 Å². The molecule has 116 valence electrons. The lowest BCUT2D eigenvalue weighted by molar-refractivity contribution is 0.0304. The summed E-state index contributed by atoms with van der Waals surface area (Å²) in [6.45, 7) is 0.487. The first kappa shape index (κ1) is 15.8. The van der Waals surface area contributed by atoms with Crippen LogP contribution in [0.5, 0.6) is 0 Å². The number of halogens is 2. The molecule has 1 amide bonds. The van der Waals surface area contributed by atoms with E-state index in [1.807, 2.05) is 0 Å². The highest BCUT2D eigenvalue weighted by molar-refractivity contribution is 7.90. The summed E-state index contributed by atoms with van der Waals surface area (Å²) in [6, 6.07) is 2.30. The summed E-state index contributed by atoms with van der Waals surface area (Å²) in [5.74, 6) is -3.44.